The smallest absolute Gasteiger partial charge is 0.253 e. The van der Waals surface area contributed by atoms with Crippen LogP contribution in [0, 0.1) is 13.8 Å². The molecule has 8 nitrogen and oxygen atoms in total. The number of benzene rings is 1. The molecule has 0 fully saturated rings. The summed E-state index contributed by atoms with van der Waals surface area (Å²) in [6.45, 7) is 4.36. The minimum Gasteiger partial charge on any atom is -0.468 e. The van der Waals surface area contributed by atoms with Gasteiger partial charge in [0.1, 0.15) is 5.76 Å². The van der Waals surface area contributed by atoms with Crippen molar-refractivity contribution in [2.45, 2.75) is 30.8 Å². The lowest BCUT2D eigenvalue weighted by Gasteiger charge is -2.22. The SMILES string of the molecule is Cc1cc(C)n2nc(SCc3ccccc3C(=O)NCC(c3ccco3)N(C)C)nc2n1. The standard InChI is InChI=1S/C23H26N6O2S/c1-15-12-16(2)29-22(25-15)26-23(27-29)32-14-17-8-5-6-9-18(17)21(30)24-13-19(28(3)4)20-10-7-11-31-20/h5-12,19H,13-14H2,1-4H3,(H,24,30). The number of furan rings is 1. The first-order valence-electron chi connectivity index (χ1n) is 10.3. The zero-order valence-corrected chi connectivity index (χ0v) is 19.4. The number of rotatable bonds is 8. The summed E-state index contributed by atoms with van der Waals surface area (Å²) in [6, 6.07) is 13.3. The quantitative estimate of drug-likeness (QED) is 0.410. The summed E-state index contributed by atoms with van der Waals surface area (Å²) in [6.07, 6.45) is 1.64. The van der Waals surface area contributed by atoms with E-state index in [1.807, 2.05) is 75.3 Å². The van der Waals surface area contributed by atoms with E-state index in [9.17, 15) is 4.79 Å². The number of nitrogens with zero attached hydrogens (tertiary/aromatic N) is 5. The molecule has 1 amide bonds. The molecular weight excluding hydrogens is 424 g/mol. The highest BCUT2D eigenvalue weighted by Gasteiger charge is 2.19. The fourth-order valence-electron chi connectivity index (χ4n) is 3.52. The Hall–Kier alpha value is -3.17. The van der Waals surface area contributed by atoms with Crippen molar-refractivity contribution in [3.05, 3.63) is 77.0 Å². The molecular formula is C23H26N6O2S. The molecule has 9 heteroatoms. The van der Waals surface area contributed by atoms with E-state index in [4.69, 9.17) is 4.42 Å². The Morgan fingerprint density at radius 2 is 2.00 bits per heavy atom. The summed E-state index contributed by atoms with van der Waals surface area (Å²) < 4.78 is 7.27. The van der Waals surface area contributed by atoms with Crippen LogP contribution in [0.5, 0.6) is 0 Å². The number of fused-ring (bicyclic) bond motifs is 1. The Morgan fingerprint density at radius 1 is 1.19 bits per heavy atom. The number of hydrogen-bond acceptors (Lipinski definition) is 7. The predicted octanol–water partition coefficient (Wildman–Crippen LogP) is 3.66. The summed E-state index contributed by atoms with van der Waals surface area (Å²) in [5.74, 6) is 1.86. The molecule has 0 bridgehead atoms. The van der Waals surface area contributed by atoms with Gasteiger partial charge in [0, 0.05) is 29.2 Å². The Balaban J connectivity index is 1.45. The van der Waals surface area contributed by atoms with Crippen LogP contribution in [0.15, 0.2) is 58.3 Å². The normalized spacial score (nSPS) is 12.4. The maximum absolute atomic E-state index is 13.0. The van der Waals surface area contributed by atoms with E-state index in [1.54, 1.807) is 10.8 Å². The van der Waals surface area contributed by atoms with Crippen LogP contribution in [-0.2, 0) is 5.75 Å². The molecule has 3 heterocycles. The molecule has 1 aromatic carbocycles. The van der Waals surface area contributed by atoms with E-state index in [0.29, 0.717) is 28.8 Å². The molecule has 1 N–H and O–H groups in total. The van der Waals surface area contributed by atoms with Crippen molar-refractivity contribution in [2.75, 3.05) is 20.6 Å². The maximum Gasteiger partial charge on any atom is 0.253 e. The summed E-state index contributed by atoms with van der Waals surface area (Å²) in [5, 5.41) is 8.22. The first kappa shape index (κ1) is 22.0. The van der Waals surface area contributed by atoms with Gasteiger partial charge in [-0.15, -0.1) is 5.10 Å². The monoisotopic (exact) mass is 450 g/mol. The summed E-state index contributed by atoms with van der Waals surface area (Å²) >= 11 is 1.49. The number of aromatic nitrogens is 4. The number of aryl methyl sites for hydroxylation is 2. The third-order valence-corrected chi connectivity index (χ3v) is 6.06. The largest absolute Gasteiger partial charge is 0.468 e. The van der Waals surface area contributed by atoms with Gasteiger partial charge in [-0.05, 0) is 57.8 Å². The Morgan fingerprint density at radius 3 is 2.75 bits per heavy atom. The topological polar surface area (TPSA) is 88.6 Å². The van der Waals surface area contributed by atoms with E-state index in [2.05, 4.69) is 20.4 Å². The van der Waals surface area contributed by atoms with Gasteiger partial charge in [0.15, 0.2) is 0 Å². The molecule has 0 radical (unpaired) electrons. The van der Waals surface area contributed by atoms with Crippen LogP contribution in [-0.4, -0.2) is 51.0 Å². The average Bonchev–Trinajstić information content (AvgIpc) is 3.42. The molecule has 0 aliphatic heterocycles. The van der Waals surface area contributed by atoms with E-state index in [1.165, 1.54) is 11.8 Å². The van der Waals surface area contributed by atoms with Gasteiger partial charge in [0.2, 0.25) is 5.16 Å². The number of carbonyl (C=O) groups is 1. The lowest BCUT2D eigenvalue weighted by Crippen LogP contribution is -2.34. The molecule has 166 valence electrons. The van der Waals surface area contributed by atoms with E-state index in [-0.39, 0.29) is 11.9 Å². The van der Waals surface area contributed by atoms with Crippen molar-refractivity contribution in [3.8, 4) is 0 Å². The average molecular weight is 451 g/mol. The molecule has 0 saturated heterocycles. The van der Waals surface area contributed by atoms with Gasteiger partial charge < -0.3 is 9.73 Å². The van der Waals surface area contributed by atoms with Gasteiger partial charge in [0.05, 0.1) is 12.3 Å². The number of amides is 1. The minimum atomic E-state index is -0.115. The second-order valence-electron chi connectivity index (χ2n) is 7.80. The van der Waals surface area contributed by atoms with Crippen molar-refractivity contribution >= 4 is 23.4 Å². The zero-order chi connectivity index (χ0) is 22.7. The predicted molar refractivity (Wildman–Crippen MR) is 124 cm³/mol. The van der Waals surface area contributed by atoms with Gasteiger partial charge in [0.25, 0.3) is 11.7 Å². The number of likely N-dealkylation sites (N-methyl/N-ethyl adjacent to an activating group) is 1. The second-order valence-corrected chi connectivity index (χ2v) is 8.74. The van der Waals surface area contributed by atoms with Crippen molar-refractivity contribution in [2.24, 2.45) is 0 Å². The molecule has 0 aliphatic carbocycles. The Labute approximate surface area is 191 Å². The minimum absolute atomic E-state index is 0.0446. The van der Waals surface area contributed by atoms with Gasteiger partial charge in [-0.1, -0.05) is 30.0 Å². The van der Waals surface area contributed by atoms with Crippen LogP contribution in [0.4, 0.5) is 0 Å². The fraction of sp³-hybridized carbons (Fsp3) is 0.304. The lowest BCUT2D eigenvalue weighted by molar-refractivity contribution is 0.0938. The molecule has 1 atom stereocenters. The van der Waals surface area contributed by atoms with Crippen molar-refractivity contribution < 1.29 is 9.21 Å². The zero-order valence-electron chi connectivity index (χ0n) is 18.6. The van der Waals surface area contributed by atoms with Crippen LogP contribution in [0.2, 0.25) is 0 Å². The van der Waals surface area contributed by atoms with Crippen LogP contribution < -0.4 is 5.32 Å². The van der Waals surface area contributed by atoms with Crippen LogP contribution in [0.3, 0.4) is 0 Å². The first-order chi connectivity index (χ1) is 15.4. The third kappa shape index (κ3) is 4.84. The summed E-state index contributed by atoms with van der Waals surface area (Å²) in [7, 11) is 3.92. The third-order valence-electron chi connectivity index (χ3n) is 5.17. The van der Waals surface area contributed by atoms with Crippen molar-refractivity contribution in [1.82, 2.24) is 29.8 Å². The highest BCUT2D eigenvalue weighted by Crippen LogP contribution is 2.23. The molecule has 3 aromatic heterocycles. The van der Waals surface area contributed by atoms with Gasteiger partial charge >= 0.3 is 0 Å². The molecule has 0 aliphatic rings. The maximum atomic E-state index is 13.0. The first-order valence-corrected chi connectivity index (χ1v) is 11.3. The molecule has 4 rings (SSSR count). The van der Waals surface area contributed by atoms with E-state index < -0.39 is 0 Å². The van der Waals surface area contributed by atoms with E-state index in [0.717, 1.165) is 22.7 Å². The second kappa shape index (κ2) is 9.54. The highest BCUT2D eigenvalue weighted by atomic mass is 32.2. The molecule has 32 heavy (non-hydrogen) atoms. The number of carbonyl (C=O) groups excluding carboxylic acids is 1. The highest BCUT2D eigenvalue weighted by molar-refractivity contribution is 7.98. The van der Waals surface area contributed by atoms with E-state index >= 15 is 0 Å². The van der Waals surface area contributed by atoms with Gasteiger partial charge in [-0.2, -0.15) is 4.98 Å². The number of nitrogens with one attached hydrogen (secondary N) is 1. The lowest BCUT2D eigenvalue weighted by atomic mass is 10.1. The van der Waals surface area contributed by atoms with Crippen LogP contribution in [0.1, 0.15) is 39.1 Å². The van der Waals surface area contributed by atoms with Crippen LogP contribution in [0.25, 0.3) is 5.78 Å². The summed E-state index contributed by atoms with van der Waals surface area (Å²) in [4.78, 5) is 24.0. The Kier molecular flexibility index (Phi) is 6.57. The van der Waals surface area contributed by atoms with Crippen LogP contribution >= 0.6 is 11.8 Å². The van der Waals surface area contributed by atoms with Gasteiger partial charge in [-0.3, -0.25) is 9.69 Å². The van der Waals surface area contributed by atoms with Gasteiger partial charge in [-0.25, -0.2) is 9.50 Å². The molecule has 0 spiro atoms. The van der Waals surface area contributed by atoms with Crippen molar-refractivity contribution in [3.63, 3.8) is 0 Å². The fourth-order valence-corrected chi connectivity index (χ4v) is 4.34. The molecule has 4 aromatic rings. The summed E-state index contributed by atoms with van der Waals surface area (Å²) in [5.41, 5.74) is 3.46. The molecule has 1 unspecified atom stereocenters. The number of thioether (sulfide) groups is 1. The molecule has 0 saturated carbocycles. The number of hydrogen-bond donors (Lipinski definition) is 1. The Bertz CT molecular complexity index is 1220. The van der Waals surface area contributed by atoms with Crippen molar-refractivity contribution in [1.29, 1.82) is 0 Å².